The largest absolute Gasteiger partial charge is 0.360 e. The Morgan fingerprint density at radius 1 is 1.14 bits per heavy atom. The number of hydrogen-bond donors (Lipinski definition) is 1. The molecule has 0 bridgehead atoms. The smallest absolute Gasteiger partial charge is 0.210 e. The molecular formula is C21H21N5OS. The molecule has 1 atom stereocenters. The summed E-state index contributed by atoms with van der Waals surface area (Å²) in [5, 5.41) is 13.0. The first-order chi connectivity index (χ1) is 13.7. The Hall–Kier alpha value is -2.93. The van der Waals surface area contributed by atoms with Gasteiger partial charge in [-0.1, -0.05) is 67.2 Å². The lowest BCUT2D eigenvalue weighted by molar-refractivity contribution is 0.0991. The van der Waals surface area contributed by atoms with Crippen LogP contribution < -0.4 is 0 Å². The Morgan fingerprint density at radius 3 is 2.71 bits per heavy atom. The van der Waals surface area contributed by atoms with Crippen molar-refractivity contribution in [3.63, 3.8) is 0 Å². The third kappa shape index (κ3) is 3.33. The number of aromatic nitrogens is 5. The minimum absolute atomic E-state index is 0.0429. The van der Waals surface area contributed by atoms with Crippen LogP contribution in [0.4, 0.5) is 0 Å². The highest BCUT2D eigenvalue weighted by Gasteiger charge is 2.27. The molecule has 2 heterocycles. The van der Waals surface area contributed by atoms with E-state index in [0.717, 1.165) is 22.9 Å². The van der Waals surface area contributed by atoms with E-state index in [9.17, 15) is 4.79 Å². The second kappa shape index (κ2) is 7.98. The Morgan fingerprint density at radius 2 is 1.96 bits per heavy atom. The van der Waals surface area contributed by atoms with E-state index in [-0.39, 0.29) is 5.78 Å². The molecule has 0 amide bonds. The maximum absolute atomic E-state index is 13.6. The molecular weight excluding hydrogens is 370 g/mol. The van der Waals surface area contributed by atoms with E-state index in [1.165, 1.54) is 17.3 Å². The molecule has 0 radical (unpaired) electrons. The van der Waals surface area contributed by atoms with E-state index in [1.54, 1.807) is 4.68 Å². The van der Waals surface area contributed by atoms with Crippen LogP contribution in [0, 0.1) is 0 Å². The molecule has 0 aliphatic rings. The predicted octanol–water partition coefficient (Wildman–Crippen LogP) is 4.45. The van der Waals surface area contributed by atoms with E-state index in [1.807, 2.05) is 55.6 Å². The van der Waals surface area contributed by atoms with Crippen molar-refractivity contribution in [3.8, 4) is 0 Å². The Bertz CT molecular complexity index is 1100. The molecule has 1 unspecified atom stereocenters. The van der Waals surface area contributed by atoms with Crippen LogP contribution in [0.1, 0.15) is 40.6 Å². The van der Waals surface area contributed by atoms with E-state index in [4.69, 9.17) is 0 Å². The number of aromatic amines is 1. The number of thioether (sulfide) groups is 1. The van der Waals surface area contributed by atoms with E-state index < -0.39 is 5.25 Å². The first-order valence-electron chi connectivity index (χ1n) is 9.33. The molecule has 142 valence electrons. The van der Waals surface area contributed by atoms with Crippen LogP contribution in [-0.4, -0.2) is 31.0 Å². The van der Waals surface area contributed by atoms with E-state index >= 15 is 0 Å². The van der Waals surface area contributed by atoms with Gasteiger partial charge in [0.15, 0.2) is 5.78 Å². The van der Waals surface area contributed by atoms with Gasteiger partial charge < -0.3 is 4.98 Å². The lowest BCUT2D eigenvalue weighted by atomic mass is 10.0. The van der Waals surface area contributed by atoms with Gasteiger partial charge in [-0.15, -0.1) is 5.10 Å². The zero-order valence-corrected chi connectivity index (χ0v) is 16.6. The molecule has 28 heavy (non-hydrogen) atoms. The highest BCUT2D eigenvalue weighted by atomic mass is 32.2. The summed E-state index contributed by atoms with van der Waals surface area (Å²) in [6.07, 6.45) is 2.74. The number of carbonyl (C=O) groups is 1. The lowest BCUT2D eigenvalue weighted by Gasteiger charge is -2.15. The monoisotopic (exact) mass is 391 g/mol. The van der Waals surface area contributed by atoms with Gasteiger partial charge in [0.25, 0.3) is 0 Å². The fourth-order valence-corrected chi connectivity index (χ4v) is 4.45. The average molecular weight is 392 g/mol. The summed E-state index contributed by atoms with van der Waals surface area (Å²) in [6, 6.07) is 15.9. The SMILES string of the molecule is CCc1cccc2c(C(=O)C(Sc3nnnn3CC)c3ccccc3)c[nH]c12. The number of H-pyrrole nitrogens is 1. The highest BCUT2D eigenvalue weighted by Crippen LogP contribution is 2.38. The van der Waals surface area contributed by atoms with Gasteiger partial charge in [-0.2, -0.15) is 0 Å². The number of ketones is 1. The molecule has 6 nitrogen and oxygen atoms in total. The molecule has 0 fully saturated rings. The summed E-state index contributed by atoms with van der Waals surface area (Å²) in [7, 11) is 0. The number of nitrogens with one attached hydrogen (secondary N) is 1. The van der Waals surface area contributed by atoms with Crippen LogP contribution >= 0.6 is 11.8 Å². The van der Waals surface area contributed by atoms with Gasteiger partial charge in [-0.25, -0.2) is 4.68 Å². The van der Waals surface area contributed by atoms with Crippen molar-refractivity contribution in [1.82, 2.24) is 25.2 Å². The van der Waals surface area contributed by atoms with Crippen molar-refractivity contribution in [2.45, 2.75) is 37.2 Å². The number of nitrogens with zero attached hydrogens (tertiary/aromatic N) is 4. The zero-order chi connectivity index (χ0) is 19.5. The summed E-state index contributed by atoms with van der Waals surface area (Å²) < 4.78 is 1.71. The summed E-state index contributed by atoms with van der Waals surface area (Å²) in [5.74, 6) is 0.0429. The molecule has 0 saturated heterocycles. The molecule has 2 aromatic carbocycles. The topological polar surface area (TPSA) is 76.5 Å². The number of aryl methyl sites for hydroxylation is 2. The van der Waals surface area contributed by atoms with Crippen LogP contribution in [0.2, 0.25) is 0 Å². The normalized spacial score (nSPS) is 12.4. The maximum Gasteiger partial charge on any atom is 0.210 e. The third-order valence-corrected chi connectivity index (χ3v) is 6.04. The van der Waals surface area contributed by atoms with E-state index in [2.05, 4.69) is 33.5 Å². The van der Waals surface area contributed by atoms with Crippen LogP contribution in [0.25, 0.3) is 10.9 Å². The van der Waals surface area contributed by atoms with Gasteiger partial charge in [0, 0.05) is 29.2 Å². The molecule has 1 N–H and O–H groups in total. The number of para-hydroxylation sites is 1. The van der Waals surface area contributed by atoms with Crippen molar-refractivity contribution >= 4 is 28.4 Å². The van der Waals surface area contributed by atoms with Crippen LogP contribution in [0.3, 0.4) is 0 Å². The second-order valence-electron chi connectivity index (χ2n) is 6.45. The Balaban J connectivity index is 1.77. The maximum atomic E-state index is 13.6. The highest BCUT2D eigenvalue weighted by molar-refractivity contribution is 8.00. The summed E-state index contributed by atoms with van der Waals surface area (Å²) in [5.41, 5.74) is 3.87. The van der Waals surface area contributed by atoms with Gasteiger partial charge >= 0.3 is 0 Å². The number of hydrogen-bond acceptors (Lipinski definition) is 5. The Labute approximate surface area is 167 Å². The molecule has 2 aromatic heterocycles. The predicted molar refractivity (Wildman–Crippen MR) is 111 cm³/mol. The van der Waals surface area contributed by atoms with Gasteiger partial charge in [0.1, 0.15) is 5.25 Å². The van der Waals surface area contributed by atoms with Gasteiger partial charge in [0.05, 0.1) is 0 Å². The number of benzene rings is 2. The standard InChI is InChI=1S/C21H21N5OS/c1-3-14-11-8-12-16-17(13-22-18(14)16)19(27)20(15-9-6-5-7-10-15)28-21-23-24-25-26(21)4-2/h5-13,20,22H,3-4H2,1-2H3. The fraction of sp³-hybridized carbons (Fsp3) is 0.238. The number of Topliss-reactive ketones (excluding diaryl/α,β-unsaturated/α-hetero) is 1. The van der Waals surface area contributed by atoms with Crippen molar-refractivity contribution in [1.29, 1.82) is 0 Å². The first-order valence-corrected chi connectivity index (χ1v) is 10.2. The number of rotatable bonds is 7. The van der Waals surface area contributed by atoms with Gasteiger partial charge in [-0.05, 0) is 34.9 Å². The van der Waals surface area contributed by atoms with Crippen molar-refractivity contribution in [2.24, 2.45) is 0 Å². The van der Waals surface area contributed by atoms with Crippen molar-refractivity contribution in [2.75, 3.05) is 0 Å². The number of tetrazole rings is 1. The molecule has 0 aliphatic heterocycles. The third-order valence-electron chi connectivity index (χ3n) is 4.81. The number of carbonyl (C=O) groups excluding carboxylic acids is 1. The quantitative estimate of drug-likeness (QED) is 0.372. The van der Waals surface area contributed by atoms with Gasteiger partial charge in [-0.3, -0.25) is 4.79 Å². The zero-order valence-electron chi connectivity index (χ0n) is 15.8. The van der Waals surface area contributed by atoms with Crippen LogP contribution in [0.15, 0.2) is 59.9 Å². The minimum atomic E-state index is -0.429. The van der Waals surface area contributed by atoms with Crippen molar-refractivity contribution in [3.05, 3.63) is 71.4 Å². The molecule has 7 heteroatoms. The molecule has 4 aromatic rings. The molecule has 0 saturated carbocycles. The lowest BCUT2D eigenvalue weighted by Crippen LogP contribution is -2.11. The summed E-state index contributed by atoms with van der Waals surface area (Å²) in [6.45, 7) is 4.74. The van der Waals surface area contributed by atoms with E-state index in [0.29, 0.717) is 17.3 Å². The van der Waals surface area contributed by atoms with Crippen molar-refractivity contribution < 1.29 is 4.79 Å². The first kappa shape index (κ1) is 18.4. The van der Waals surface area contributed by atoms with Crippen LogP contribution in [-0.2, 0) is 13.0 Å². The number of fused-ring (bicyclic) bond motifs is 1. The second-order valence-corrected chi connectivity index (χ2v) is 7.52. The summed E-state index contributed by atoms with van der Waals surface area (Å²) >= 11 is 1.39. The van der Waals surface area contributed by atoms with Gasteiger partial charge in [0.2, 0.25) is 5.16 Å². The fourth-order valence-electron chi connectivity index (χ4n) is 3.34. The Kier molecular flexibility index (Phi) is 5.25. The molecule has 0 aliphatic carbocycles. The minimum Gasteiger partial charge on any atom is -0.360 e. The average Bonchev–Trinajstić information content (AvgIpc) is 3.38. The molecule has 4 rings (SSSR count). The molecule has 0 spiro atoms. The summed E-state index contributed by atoms with van der Waals surface area (Å²) in [4.78, 5) is 16.9. The van der Waals surface area contributed by atoms with Crippen LogP contribution in [0.5, 0.6) is 0 Å².